The topological polar surface area (TPSA) is 93.5 Å². The first-order valence-corrected chi connectivity index (χ1v) is 7.50. The molecule has 2 N–H and O–H groups in total. The molecule has 4 aromatic rings. The molecule has 7 nitrogen and oxygen atoms in total. The number of nitrogens with zero attached hydrogens (tertiary/aromatic N) is 1. The number of aromatic nitrogens is 1. The van der Waals surface area contributed by atoms with Gasteiger partial charge in [-0.3, -0.25) is 9.59 Å². The Bertz CT molecular complexity index is 1140. The fourth-order valence-electron chi connectivity index (χ4n) is 2.55. The first-order chi connectivity index (χ1) is 12.2. The third-order valence-corrected chi connectivity index (χ3v) is 3.85. The lowest BCUT2D eigenvalue weighted by molar-refractivity contribution is 0.415. The molecule has 0 aliphatic rings. The van der Waals surface area contributed by atoms with Gasteiger partial charge >= 0.3 is 0 Å². The maximum atomic E-state index is 11.9. The number of benzene rings is 2. The summed E-state index contributed by atoms with van der Waals surface area (Å²) < 4.78 is 10.4. The average molecular weight is 335 g/mol. The zero-order valence-electron chi connectivity index (χ0n) is 13.2. The molecule has 4 rings (SSSR count). The van der Waals surface area contributed by atoms with Crippen LogP contribution in [0.3, 0.4) is 0 Å². The Kier molecular flexibility index (Phi) is 3.46. The SMILES string of the molecule is COc1cccc(Nc2c(Nc3ccc4ncoc4c3)c(=O)c2=O)c1. The summed E-state index contributed by atoms with van der Waals surface area (Å²) in [5.74, 6) is 0.647. The summed E-state index contributed by atoms with van der Waals surface area (Å²) in [4.78, 5) is 27.9. The van der Waals surface area contributed by atoms with Crippen molar-refractivity contribution in [3.05, 3.63) is 69.3 Å². The average Bonchev–Trinajstić information content (AvgIpc) is 3.12. The van der Waals surface area contributed by atoms with Crippen molar-refractivity contribution in [2.45, 2.75) is 0 Å². The predicted octanol–water partition coefficient (Wildman–Crippen LogP) is 2.92. The first kappa shape index (κ1) is 14.9. The summed E-state index contributed by atoms with van der Waals surface area (Å²) >= 11 is 0. The van der Waals surface area contributed by atoms with Crippen molar-refractivity contribution in [2.75, 3.05) is 17.7 Å². The molecule has 0 atom stereocenters. The second kappa shape index (κ2) is 5.79. The van der Waals surface area contributed by atoms with Gasteiger partial charge in [0.15, 0.2) is 12.0 Å². The quantitative estimate of drug-likeness (QED) is 0.542. The lowest BCUT2D eigenvalue weighted by atomic mass is 10.1. The molecule has 0 bridgehead atoms. The van der Waals surface area contributed by atoms with Crippen LogP contribution in [-0.2, 0) is 0 Å². The normalized spacial score (nSPS) is 10.9. The van der Waals surface area contributed by atoms with Crippen molar-refractivity contribution in [2.24, 2.45) is 0 Å². The van der Waals surface area contributed by atoms with Crippen LogP contribution in [0.25, 0.3) is 11.1 Å². The van der Waals surface area contributed by atoms with Gasteiger partial charge < -0.3 is 19.8 Å². The minimum atomic E-state index is -0.567. The zero-order chi connectivity index (χ0) is 17.4. The van der Waals surface area contributed by atoms with Crippen molar-refractivity contribution in [3.63, 3.8) is 0 Å². The summed E-state index contributed by atoms with van der Waals surface area (Å²) in [5, 5.41) is 5.93. The molecule has 7 heteroatoms. The van der Waals surface area contributed by atoms with Crippen molar-refractivity contribution in [3.8, 4) is 5.75 Å². The van der Waals surface area contributed by atoms with E-state index < -0.39 is 10.9 Å². The molecular weight excluding hydrogens is 322 g/mol. The van der Waals surface area contributed by atoms with Crippen LogP contribution in [0.15, 0.2) is 62.9 Å². The summed E-state index contributed by atoms with van der Waals surface area (Å²) in [5.41, 5.74) is 1.89. The van der Waals surface area contributed by atoms with Gasteiger partial charge in [-0.15, -0.1) is 0 Å². The van der Waals surface area contributed by atoms with E-state index in [-0.39, 0.29) is 11.4 Å². The molecule has 0 saturated heterocycles. The van der Waals surface area contributed by atoms with E-state index in [0.29, 0.717) is 28.2 Å². The van der Waals surface area contributed by atoms with Gasteiger partial charge in [-0.1, -0.05) is 6.07 Å². The number of ether oxygens (including phenoxy) is 1. The van der Waals surface area contributed by atoms with E-state index in [1.165, 1.54) is 6.39 Å². The Morgan fingerprint density at radius 2 is 1.68 bits per heavy atom. The molecule has 25 heavy (non-hydrogen) atoms. The van der Waals surface area contributed by atoms with E-state index in [9.17, 15) is 9.59 Å². The number of rotatable bonds is 5. The van der Waals surface area contributed by atoms with E-state index in [1.54, 1.807) is 49.6 Å². The Morgan fingerprint density at radius 3 is 2.40 bits per heavy atom. The van der Waals surface area contributed by atoms with Crippen molar-refractivity contribution in [1.29, 1.82) is 0 Å². The van der Waals surface area contributed by atoms with Gasteiger partial charge in [0.05, 0.1) is 7.11 Å². The molecule has 0 amide bonds. The minimum absolute atomic E-state index is 0.215. The van der Waals surface area contributed by atoms with Gasteiger partial charge in [-0.05, 0) is 24.3 Å². The number of oxazole rings is 1. The summed E-state index contributed by atoms with van der Waals surface area (Å²) in [6, 6.07) is 12.3. The van der Waals surface area contributed by atoms with E-state index in [4.69, 9.17) is 9.15 Å². The van der Waals surface area contributed by atoms with Crippen LogP contribution >= 0.6 is 0 Å². The number of hydrogen-bond donors (Lipinski definition) is 2. The second-order valence-corrected chi connectivity index (χ2v) is 5.43. The van der Waals surface area contributed by atoms with Gasteiger partial charge in [0.1, 0.15) is 22.6 Å². The van der Waals surface area contributed by atoms with E-state index >= 15 is 0 Å². The number of anilines is 4. The van der Waals surface area contributed by atoms with Gasteiger partial charge in [0.2, 0.25) is 0 Å². The second-order valence-electron chi connectivity index (χ2n) is 5.43. The predicted molar refractivity (Wildman–Crippen MR) is 94.9 cm³/mol. The standard InChI is InChI=1S/C18H13N3O4/c1-24-12-4-2-3-10(7-12)20-15-16(18(23)17(15)22)21-11-5-6-13-14(8-11)25-9-19-13/h2-9,20-21H,1H3. The number of fused-ring (bicyclic) bond motifs is 1. The number of nitrogens with one attached hydrogen (secondary N) is 2. The van der Waals surface area contributed by atoms with Crippen LogP contribution in [0, 0.1) is 0 Å². The summed E-state index contributed by atoms with van der Waals surface area (Å²) in [6.45, 7) is 0. The first-order valence-electron chi connectivity index (χ1n) is 7.50. The lowest BCUT2D eigenvalue weighted by Crippen LogP contribution is -2.35. The minimum Gasteiger partial charge on any atom is -0.497 e. The fraction of sp³-hybridized carbons (Fsp3) is 0.0556. The van der Waals surface area contributed by atoms with Gasteiger partial charge in [0.25, 0.3) is 10.9 Å². The Hall–Kier alpha value is -3.61. The molecule has 0 radical (unpaired) electrons. The van der Waals surface area contributed by atoms with Crippen LogP contribution in [0.1, 0.15) is 0 Å². The molecule has 3 aromatic carbocycles. The molecule has 1 aromatic heterocycles. The summed E-state index contributed by atoms with van der Waals surface area (Å²) in [6.07, 6.45) is 1.35. The van der Waals surface area contributed by atoms with Gasteiger partial charge in [0, 0.05) is 23.5 Å². The molecule has 124 valence electrons. The van der Waals surface area contributed by atoms with Gasteiger partial charge in [-0.2, -0.15) is 0 Å². The van der Waals surface area contributed by atoms with E-state index in [0.717, 1.165) is 0 Å². The Balaban J connectivity index is 1.63. The zero-order valence-corrected chi connectivity index (χ0v) is 13.2. The van der Waals surface area contributed by atoms with Gasteiger partial charge in [-0.25, -0.2) is 4.98 Å². The van der Waals surface area contributed by atoms with Crippen LogP contribution in [-0.4, -0.2) is 12.1 Å². The molecule has 0 saturated carbocycles. The van der Waals surface area contributed by atoms with Crippen molar-refractivity contribution < 1.29 is 9.15 Å². The Labute approximate surface area is 141 Å². The van der Waals surface area contributed by atoms with E-state index in [2.05, 4.69) is 15.6 Å². The largest absolute Gasteiger partial charge is 0.497 e. The van der Waals surface area contributed by atoms with Crippen molar-refractivity contribution in [1.82, 2.24) is 4.98 Å². The Morgan fingerprint density at radius 1 is 0.960 bits per heavy atom. The van der Waals surface area contributed by atoms with Crippen LogP contribution < -0.4 is 26.2 Å². The van der Waals surface area contributed by atoms with Crippen molar-refractivity contribution >= 4 is 33.8 Å². The molecule has 0 spiro atoms. The molecule has 1 heterocycles. The molecular formula is C18H13N3O4. The fourth-order valence-corrected chi connectivity index (χ4v) is 2.55. The molecule has 0 aliphatic heterocycles. The highest BCUT2D eigenvalue weighted by Crippen LogP contribution is 2.27. The summed E-state index contributed by atoms with van der Waals surface area (Å²) in [7, 11) is 1.56. The maximum absolute atomic E-state index is 11.9. The van der Waals surface area contributed by atoms with E-state index in [1.807, 2.05) is 0 Å². The maximum Gasteiger partial charge on any atom is 0.253 e. The number of methoxy groups -OCH3 is 1. The highest BCUT2D eigenvalue weighted by atomic mass is 16.5. The van der Waals surface area contributed by atoms with Crippen LogP contribution in [0.2, 0.25) is 0 Å². The third kappa shape index (κ3) is 2.61. The highest BCUT2D eigenvalue weighted by Gasteiger charge is 2.21. The lowest BCUT2D eigenvalue weighted by Gasteiger charge is -2.15. The number of hydrogen-bond acceptors (Lipinski definition) is 7. The molecule has 0 unspecified atom stereocenters. The van der Waals surface area contributed by atoms with Crippen LogP contribution in [0.4, 0.5) is 22.7 Å². The molecule has 0 fully saturated rings. The highest BCUT2D eigenvalue weighted by molar-refractivity contribution is 5.85. The smallest absolute Gasteiger partial charge is 0.253 e. The monoisotopic (exact) mass is 335 g/mol. The third-order valence-electron chi connectivity index (χ3n) is 3.85. The van der Waals surface area contributed by atoms with Crippen LogP contribution in [0.5, 0.6) is 5.75 Å². The molecule has 0 aliphatic carbocycles.